The van der Waals surface area contributed by atoms with E-state index in [0.717, 1.165) is 5.69 Å². The topological polar surface area (TPSA) is 103 Å². The van der Waals surface area contributed by atoms with Crippen LogP contribution in [0.3, 0.4) is 0 Å². The molecule has 8 nitrogen and oxygen atoms in total. The Morgan fingerprint density at radius 3 is 2.71 bits per heavy atom. The van der Waals surface area contributed by atoms with Crippen LogP contribution in [-0.2, 0) is 11.8 Å². The van der Waals surface area contributed by atoms with Gasteiger partial charge in [0.2, 0.25) is 5.91 Å². The molecule has 2 rings (SSSR count). The highest BCUT2D eigenvalue weighted by atomic mass is 16.6. The molecule has 110 valence electrons. The van der Waals surface area contributed by atoms with Gasteiger partial charge in [-0.25, -0.2) is 0 Å². The molecule has 2 aromatic heterocycles. The minimum Gasteiger partial charge on any atom is -0.401 e. The van der Waals surface area contributed by atoms with Gasteiger partial charge in [-0.15, -0.1) is 0 Å². The van der Waals surface area contributed by atoms with Crippen LogP contribution in [0.5, 0.6) is 0 Å². The minimum atomic E-state index is -0.639. The number of nitro groups is 1. The van der Waals surface area contributed by atoms with Crippen LogP contribution in [0.2, 0.25) is 0 Å². The first-order chi connectivity index (χ1) is 9.88. The zero-order valence-electron chi connectivity index (χ0n) is 11.8. The molecule has 0 atom stereocenters. The van der Waals surface area contributed by atoms with Gasteiger partial charge < -0.3 is 9.73 Å². The van der Waals surface area contributed by atoms with Crippen molar-refractivity contribution in [2.75, 3.05) is 5.32 Å². The maximum atomic E-state index is 11.8. The second-order valence-corrected chi connectivity index (χ2v) is 4.43. The van der Waals surface area contributed by atoms with Crippen molar-refractivity contribution in [3.8, 4) is 0 Å². The lowest BCUT2D eigenvalue weighted by Crippen LogP contribution is -2.09. The van der Waals surface area contributed by atoms with Gasteiger partial charge >= 0.3 is 5.88 Å². The highest BCUT2D eigenvalue weighted by Gasteiger charge is 2.12. The van der Waals surface area contributed by atoms with E-state index in [4.69, 9.17) is 4.42 Å². The molecule has 1 amide bonds. The van der Waals surface area contributed by atoms with E-state index in [1.807, 2.05) is 6.92 Å². The maximum Gasteiger partial charge on any atom is 0.433 e. The number of nitrogens with one attached hydrogen (secondary N) is 1. The number of rotatable bonds is 4. The first-order valence-electron chi connectivity index (χ1n) is 6.12. The SMILES string of the molecule is Cc1nn(C)c(C)c1NC(=O)/C=C/c1ccc([N+](=O)[O-])o1. The van der Waals surface area contributed by atoms with Crippen molar-refractivity contribution in [3.05, 3.63) is 45.5 Å². The van der Waals surface area contributed by atoms with Crippen LogP contribution in [0.25, 0.3) is 6.08 Å². The number of anilines is 1. The Morgan fingerprint density at radius 2 is 2.19 bits per heavy atom. The van der Waals surface area contributed by atoms with E-state index in [0.29, 0.717) is 11.4 Å². The smallest absolute Gasteiger partial charge is 0.401 e. The molecule has 21 heavy (non-hydrogen) atoms. The number of furan rings is 1. The van der Waals surface area contributed by atoms with Crippen LogP contribution in [0.15, 0.2) is 22.6 Å². The molecule has 0 aromatic carbocycles. The molecule has 0 fully saturated rings. The fourth-order valence-electron chi connectivity index (χ4n) is 1.81. The number of hydrogen-bond donors (Lipinski definition) is 1. The molecule has 0 bridgehead atoms. The molecular weight excluding hydrogens is 276 g/mol. The molecule has 1 N–H and O–H groups in total. The van der Waals surface area contributed by atoms with Gasteiger partial charge in [0.25, 0.3) is 0 Å². The summed E-state index contributed by atoms with van der Waals surface area (Å²) >= 11 is 0. The molecule has 0 saturated heterocycles. The molecule has 8 heteroatoms. The van der Waals surface area contributed by atoms with Gasteiger partial charge in [0.15, 0.2) is 0 Å². The van der Waals surface area contributed by atoms with Crippen LogP contribution in [0, 0.1) is 24.0 Å². The summed E-state index contributed by atoms with van der Waals surface area (Å²) in [5.74, 6) is -0.501. The van der Waals surface area contributed by atoms with Crippen molar-refractivity contribution in [1.82, 2.24) is 9.78 Å². The number of amides is 1. The van der Waals surface area contributed by atoms with Crippen LogP contribution >= 0.6 is 0 Å². The lowest BCUT2D eigenvalue weighted by atomic mass is 10.3. The predicted octanol–water partition coefficient (Wildman–Crippen LogP) is 2.19. The minimum absolute atomic E-state index is 0.233. The van der Waals surface area contributed by atoms with E-state index in [2.05, 4.69) is 10.4 Å². The van der Waals surface area contributed by atoms with E-state index in [9.17, 15) is 14.9 Å². The van der Waals surface area contributed by atoms with Gasteiger partial charge in [0.1, 0.15) is 10.7 Å². The fourth-order valence-corrected chi connectivity index (χ4v) is 1.81. The summed E-state index contributed by atoms with van der Waals surface area (Å²) < 4.78 is 6.59. The van der Waals surface area contributed by atoms with Gasteiger partial charge in [-0.3, -0.25) is 19.6 Å². The Hall–Kier alpha value is -2.90. The van der Waals surface area contributed by atoms with Crippen LogP contribution in [0.1, 0.15) is 17.1 Å². The van der Waals surface area contributed by atoms with Gasteiger partial charge in [-0.05, 0) is 26.0 Å². The Morgan fingerprint density at radius 1 is 1.48 bits per heavy atom. The second kappa shape index (κ2) is 5.61. The van der Waals surface area contributed by atoms with Crippen LogP contribution < -0.4 is 5.32 Å². The van der Waals surface area contributed by atoms with E-state index < -0.39 is 4.92 Å². The monoisotopic (exact) mass is 290 g/mol. The van der Waals surface area contributed by atoms with Gasteiger partial charge in [0.05, 0.1) is 23.1 Å². The third-order valence-corrected chi connectivity index (χ3v) is 2.95. The molecule has 0 aliphatic rings. The van der Waals surface area contributed by atoms with Crippen molar-refractivity contribution in [3.63, 3.8) is 0 Å². The number of carbonyl (C=O) groups is 1. The standard InChI is InChI=1S/C13H14N4O4/c1-8-13(9(2)16(3)15-8)14-11(18)6-4-10-5-7-12(21-10)17(19)20/h4-7H,1-3H3,(H,14,18)/b6-4+. The lowest BCUT2D eigenvalue weighted by molar-refractivity contribution is -0.402. The van der Waals surface area contributed by atoms with E-state index in [-0.39, 0.29) is 17.6 Å². The Labute approximate surface area is 120 Å². The summed E-state index contributed by atoms with van der Waals surface area (Å²) in [6.07, 6.45) is 2.61. The Kier molecular flexibility index (Phi) is 3.88. The van der Waals surface area contributed by atoms with Crippen molar-refractivity contribution >= 4 is 23.6 Å². The second-order valence-electron chi connectivity index (χ2n) is 4.43. The number of hydrogen-bond acceptors (Lipinski definition) is 5. The fraction of sp³-hybridized carbons (Fsp3) is 0.231. The average Bonchev–Trinajstić information content (AvgIpc) is 2.98. The summed E-state index contributed by atoms with van der Waals surface area (Å²) in [6.45, 7) is 3.64. The largest absolute Gasteiger partial charge is 0.433 e. The summed E-state index contributed by atoms with van der Waals surface area (Å²) in [4.78, 5) is 21.7. The Bertz CT molecular complexity index is 727. The highest BCUT2D eigenvalue weighted by Crippen LogP contribution is 2.19. The predicted molar refractivity (Wildman–Crippen MR) is 75.7 cm³/mol. The number of aryl methyl sites for hydroxylation is 2. The van der Waals surface area contributed by atoms with E-state index in [1.54, 1.807) is 18.7 Å². The van der Waals surface area contributed by atoms with Gasteiger partial charge in [-0.1, -0.05) is 0 Å². The number of carbonyl (C=O) groups excluding carboxylic acids is 1. The summed E-state index contributed by atoms with van der Waals surface area (Å²) in [6, 6.07) is 2.65. The molecule has 0 unspecified atom stereocenters. The maximum absolute atomic E-state index is 11.8. The summed E-state index contributed by atoms with van der Waals surface area (Å²) in [5, 5.41) is 17.4. The quantitative estimate of drug-likeness (QED) is 0.528. The summed E-state index contributed by atoms with van der Waals surface area (Å²) in [5.41, 5.74) is 2.20. The van der Waals surface area contributed by atoms with Crippen molar-refractivity contribution in [2.45, 2.75) is 13.8 Å². The number of nitrogens with zero attached hydrogens (tertiary/aromatic N) is 3. The molecule has 2 aromatic rings. The van der Waals surface area contributed by atoms with E-state index in [1.165, 1.54) is 24.3 Å². The first-order valence-corrected chi connectivity index (χ1v) is 6.12. The Balaban J connectivity index is 2.07. The molecule has 0 radical (unpaired) electrons. The zero-order chi connectivity index (χ0) is 15.6. The first kappa shape index (κ1) is 14.5. The third-order valence-electron chi connectivity index (χ3n) is 2.95. The van der Waals surface area contributed by atoms with Gasteiger partial charge in [-0.2, -0.15) is 5.10 Å². The molecule has 2 heterocycles. The normalized spacial score (nSPS) is 11.0. The highest BCUT2D eigenvalue weighted by molar-refractivity contribution is 6.02. The molecular formula is C13H14N4O4. The molecule has 0 spiro atoms. The summed E-state index contributed by atoms with van der Waals surface area (Å²) in [7, 11) is 1.79. The molecule has 0 aliphatic carbocycles. The lowest BCUT2D eigenvalue weighted by Gasteiger charge is -2.01. The molecule has 0 aliphatic heterocycles. The van der Waals surface area contributed by atoms with Crippen LogP contribution in [-0.4, -0.2) is 20.6 Å². The van der Waals surface area contributed by atoms with Crippen molar-refractivity contribution < 1.29 is 14.1 Å². The van der Waals surface area contributed by atoms with Crippen molar-refractivity contribution in [2.24, 2.45) is 7.05 Å². The van der Waals surface area contributed by atoms with E-state index >= 15 is 0 Å². The van der Waals surface area contributed by atoms with Crippen molar-refractivity contribution in [1.29, 1.82) is 0 Å². The van der Waals surface area contributed by atoms with Gasteiger partial charge in [0, 0.05) is 13.1 Å². The third kappa shape index (κ3) is 3.16. The van der Waals surface area contributed by atoms with Crippen LogP contribution in [0.4, 0.5) is 11.6 Å². The molecule has 0 saturated carbocycles. The number of aromatic nitrogens is 2. The zero-order valence-corrected chi connectivity index (χ0v) is 11.8. The average molecular weight is 290 g/mol.